The van der Waals surface area contributed by atoms with Crippen LogP contribution in [-0.2, 0) is 4.79 Å². The van der Waals surface area contributed by atoms with E-state index < -0.39 is 12.6 Å². The Hall–Kier alpha value is -1.51. The van der Waals surface area contributed by atoms with Crippen LogP contribution in [0.4, 0.5) is 0 Å². The number of benzene rings is 1. The SMILES string of the molecule is Cc1cc(C)cc(OCC(=O)[O-])c1. The molecule has 0 saturated heterocycles. The van der Waals surface area contributed by atoms with Crippen LogP contribution in [0.1, 0.15) is 11.1 Å². The summed E-state index contributed by atoms with van der Waals surface area (Å²) in [5.41, 5.74) is 2.10. The molecule has 0 fully saturated rings. The fraction of sp³-hybridized carbons (Fsp3) is 0.300. The van der Waals surface area contributed by atoms with Crippen LogP contribution in [0.5, 0.6) is 5.75 Å². The molecule has 13 heavy (non-hydrogen) atoms. The van der Waals surface area contributed by atoms with E-state index in [-0.39, 0.29) is 0 Å². The van der Waals surface area contributed by atoms with Crippen molar-refractivity contribution < 1.29 is 14.6 Å². The largest absolute Gasteiger partial charge is 0.546 e. The zero-order valence-electron chi connectivity index (χ0n) is 7.66. The average molecular weight is 179 g/mol. The lowest BCUT2D eigenvalue weighted by Crippen LogP contribution is -2.28. The number of carboxylic acids is 1. The first-order valence-electron chi connectivity index (χ1n) is 3.99. The van der Waals surface area contributed by atoms with Crippen molar-refractivity contribution in [2.75, 3.05) is 6.61 Å². The van der Waals surface area contributed by atoms with Gasteiger partial charge in [-0.15, -0.1) is 0 Å². The third-order valence-corrected chi connectivity index (χ3v) is 1.55. The second-order valence-electron chi connectivity index (χ2n) is 2.98. The van der Waals surface area contributed by atoms with E-state index in [0.29, 0.717) is 5.75 Å². The Labute approximate surface area is 77.0 Å². The maximum atomic E-state index is 10.1. The minimum atomic E-state index is -1.21. The highest BCUT2D eigenvalue weighted by Gasteiger charge is 1.96. The molecule has 0 saturated carbocycles. The van der Waals surface area contributed by atoms with Gasteiger partial charge >= 0.3 is 0 Å². The van der Waals surface area contributed by atoms with Crippen molar-refractivity contribution in [3.05, 3.63) is 29.3 Å². The fourth-order valence-electron chi connectivity index (χ4n) is 1.16. The molecule has 1 rings (SSSR count). The molecule has 0 aliphatic carbocycles. The van der Waals surface area contributed by atoms with Gasteiger partial charge in [0.15, 0.2) is 0 Å². The summed E-state index contributed by atoms with van der Waals surface area (Å²) in [6, 6.07) is 5.57. The van der Waals surface area contributed by atoms with Gasteiger partial charge in [-0.05, 0) is 37.1 Å². The number of carbonyl (C=O) groups is 1. The second kappa shape index (κ2) is 3.94. The molecule has 0 aliphatic heterocycles. The third kappa shape index (κ3) is 3.15. The van der Waals surface area contributed by atoms with Crippen molar-refractivity contribution in [3.63, 3.8) is 0 Å². The minimum Gasteiger partial charge on any atom is -0.546 e. The summed E-state index contributed by atoms with van der Waals surface area (Å²) >= 11 is 0. The predicted molar refractivity (Wildman–Crippen MR) is 46.4 cm³/mol. The standard InChI is InChI=1S/C10H12O3/c1-7-3-8(2)5-9(4-7)13-6-10(11)12/h3-5H,6H2,1-2H3,(H,11,12)/p-1. The Kier molecular flexibility index (Phi) is 2.90. The number of hydrogen-bond donors (Lipinski definition) is 0. The van der Waals surface area contributed by atoms with Gasteiger partial charge in [0.05, 0.1) is 5.97 Å². The number of hydrogen-bond acceptors (Lipinski definition) is 3. The van der Waals surface area contributed by atoms with Crippen LogP contribution >= 0.6 is 0 Å². The topological polar surface area (TPSA) is 49.4 Å². The Morgan fingerprint density at radius 1 is 1.31 bits per heavy atom. The van der Waals surface area contributed by atoms with E-state index in [4.69, 9.17) is 4.74 Å². The third-order valence-electron chi connectivity index (χ3n) is 1.55. The smallest absolute Gasteiger partial charge is 0.128 e. The van der Waals surface area contributed by atoms with Gasteiger partial charge < -0.3 is 14.6 Å². The molecule has 0 aromatic heterocycles. The molecule has 1 aromatic rings. The molecule has 0 radical (unpaired) electrons. The van der Waals surface area contributed by atoms with E-state index in [2.05, 4.69) is 0 Å². The highest BCUT2D eigenvalue weighted by Crippen LogP contribution is 2.15. The van der Waals surface area contributed by atoms with Crippen molar-refractivity contribution in [1.29, 1.82) is 0 Å². The number of ether oxygens (including phenoxy) is 1. The summed E-state index contributed by atoms with van der Waals surface area (Å²) in [6.07, 6.45) is 0. The van der Waals surface area contributed by atoms with Crippen molar-refractivity contribution >= 4 is 5.97 Å². The minimum absolute atomic E-state index is 0.400. The first-order chi connectivity index (χ1) is 6.08. The van der Waals surface area contributed by atoms with Gasteiger partial charge in [0.2, 0.25) is 0 Å². The Bertz CT molecular complexity index is 298. The van der Waals surface area contributed by atoms with Gasteiger partial charge in [-0.25, -0.2) is 0 Å². The van der Waals surface area contributed by atoms with Crippen LogP contribution in [0.3, 0.4) is 0 Å². The molecule has 0 N–H and O–H groups in total. The van der Waals surface area contributed by atoms with Crippen LogP contribution in [-0.4, -0.2) is 12.6 Å². The molecule has 3 heteroatoms. The number of rotatable bonds is 3. The molecule has 0 bridgehead atoms. The number of carboxylic acid groups (broad SMARTS) is 1. The van der Waals surface area contributed by atoms with E-state index in [9.17, 15) is 9.90 Å². The number of aliphatic carboxylic acids is 1. The van der Waals surface area contributed by atoms with Crippen LogP contribution in [0.15, 0.2) is 18.2 Å². The predicted octanol–water partition coefficient (Wildman–Crippen LogP) is 0.432. The lowest BCUT2D eigenvalue weighted by atomic mass is 10.1. The summed E-state index contributed by atoms with van der Waals surface area (Å²) in [5.74, 6) is -0.638. The lowest BCUT2D eigenvalue weighted by Gasteiger charge is -2.08. The molecular weight excluding hydrogens is 168 g/mol. The number of aryl methyl sites for hydroxylation is 2. The summed E-state index contributed by atoms with van der Waals surface area (Å²) in [5, 5.41) is 10.1. The number of carbonyl (C=O) groups excluding carboxylic acids is 1. The highest BCUT2D eigenvalue weighted by molar-refractivity contribution is 5.66. The summed E-state index contributed by atoms with van der Waals surface area (Å²) in [7, 11) is 0. The molecule has 0 spiro atoms. The normalized spacial score (nSPS) is 9.69. The van der Waals surface area contributed by atoms with E-state index in [0.717, 1.165) is 11.1 Å². The van der Waals surface area contributed by atoms with Gasteiger partial charge in [0.1, 0.15) is 12.4 Å². The summed E-state index contributed by atoms with van der Waals surface area (Å²) < 4.78 is 4.97. The Morgan fingerprint density at radius 2 is 1.85 bits per heavy atom. The van der Waals surface area contributed by atoms with Crippen LogP contribution in [0.25, 0.3) is 0 Å². The maximum Gasteiger partial charge on any atom is 0.128 e. The van der Waals surface area contributed by atoms with Gasteiger partial charge in [0, 0.05) is 0 Å². The molecule has 3 nitrogen and oxygen atoms in total. The van der Waals surface area contributed by atoms with E-state index in [1.807, 2.05) is 19.9 Å². The zero-order valence-corrected chi connectivity index (χ0v) is 7.66. The molecule has 0 unspecified atom stereocenters. The Balaban J connectivity index is 2.71. The van der Waals surface area contributed by atoms with Crippen molar-refractivity contribution in [2.45, 2.75) is 13.8 Å². The first-order valence-corrected chi connectivity index (χ1v) is 3.99. The van der Waals surface area contributed by atoms with Crippen molar-refractivity contribution in [1.82, 2.24) is 0 Å². The summed E-state index contributed by atoms with van der Waals surface area (Å²) in [4.78, 5) is 10.1. The van der Waals surface area contributed by atoms with E-state index >= 15 is 0 Å². The quantitative estimate of drug-likeness (QED) is 0.676. The lowest BCUT2D eigenvalue weighted by molar-refractivity contribution is -0.307. The maximum absolute atomic E-state index is 10.1. The molecule has 70 valence electrons. The second-order valence-corrected chi connectivity index (χ2v) is 2.98. The van der Waals surface area contributed by atoms with Crippen molar-refractivity contribution in [2.24, 2.45) is 0 Å². The highest BCUT2D eigenvalue weighted by atomic mass is 16.5. The zero-order chi connectivity index (χ0) is 9.84. The van der Waals surface area contributed by atoms with Crippen LogP contribution < -0.4 is 9.84 Å². The van der Waals surface area contributed by atoms with Gasteiger partial charge in [0.25, 0.3) is 0 Å². The fourth-order valence-corrected chi connectivity index (χ4v) is 1.16. The van der Waals surface area contributed by atoms with E-state index in [1.54, 1.807) is 12.1 Å². The van der Waals surface area contributed by atoms with Crippen LogP contribution in [0, 0.1) is 13.8 Å². The molecule has 0 atom stereocenters. The van der Waals surface area contributed by atoms with Gasteiger partial charge in [-0.1, -0.05) is 6.07 Å². The average Bonchev–Trinajstić information content (AvgIpc) is 1.99. The monoisotopic (exact) mass is 179 g/mol. The molecule has 0 aliphatic rings. The molecule has 0 heterocycles. The Morgan fingerprint density at radius 3 is 2.31 bits per heavy atom. The molecular formula is C10H11O3-. The van der Waals surface area contributed by atoms with Crippen molar-refractivity contribution in [3.8, 4) is 5.75 Å². The van der Waals surface area contributed by atoms with Gasteiger partial charge in [-0.3, -0.25) is 0 Å². The summed E-state index contributed by atoms with van der Waals surface area (Å²) in [6.45, 7) is 3.46. The van der Waals surface area contributed by atoms with Crippen LogP contribution in [0.2, 0.25) is 0 Å². The molecule has 1 aromatic carbocycles. The molecule has 0 amide bonds. The van der Waals surface area contributed by atoms with E-state index in [1.165, 1.54) is 0 Å². The van der Waals surface area contributed by atoms with Gasteiger partial charge in [-0.2, -0.15) is 0 Å². The first kappa shape index (κ1) is 9.58.